The fourth-order valence-electron chi connectivity index (χ4n) is 1.55. The summed E-state index contributed by atoms with van der Waals surface area (Å²) < 4.78 is 0. The Labute approximate surface area is 105 Å². The molecule has 0 fully saturated rings. The zero-order valence-electron chi connectivity index (χ0n) is 9.97. The molecule has 1 heterocycles. The smallest absolute Gasteiger partial charge is 0.123 e. The number of phenols is 1. The van der Waals surface area contributed by atoms with Crippen molar-refractivity contribution in [2.75, 3.05) is 7.05 Å². The Morgan fingerprint density at radius 2 is 2.06 bits per heavy atom. The first-order chi connectivity index (χ1) is 8.19. The largest absolute Gasteiger partial charge is 0.508 e. The Hall–Kier alpha value is -1.39. The van der Waals surface area contributed by atoms with E-state index < -0.39 is 0 Å². The molecule has 1 aromatic carbocycles. The van der Waals surface area contributed by atoms with Gasteiger partial charge in [0, 0.05) is 23.4 Å². The topological polar surface area (TPSA) is 45.1 Å². The summed E-state index contributed by atoms with van der Waals surface area (Å²) in [4.78, 5) is 4.59. The third-order valence-corrected chi connectivity index (χ3v) is 3.61. The van der Waals surface area contributed by atoms with E-state index in [9.17, 15) is 5.11 Å². The Morgan fingerprint density at radius 1 is 1.35 bits per heavy atom. The Morgan fingerprint density at radius 3 is 2.71 bits per heavy atom. The summed E-state index contributed by atoms with van der Waals surface area (Å²) in [5.41, 5.74) is 2.16. The molecule has 1 atom stereocenters. The average Bonchev–Trinajstić information content (AvgIpc) is 2.78. The van der Waals surface area contributed by atoms with Gasteiger partial charge < -0.3 is 10.4 Å². The van der Waals surface area contributed by atoms with E-state index in [1.165, 1.54) is 0 Å². The predicted octanol–water partition coefficient (Wildman–Crippen LogP) is 2.67. The molecule has 0 saturated carbocycles. The number of rotatable bonds is 4. The van der Waals surface area contributed by atoms with Crippen LogP contribution in [0.2, 0.25) is 0 Å². The SMILES string of the molecule is CNC(C)Cc1csc(-c2ccc(O)cc2)n1. The minimum Gasteiger partial charge on any atom is -0.508 e. The molecule has 3 nitrogen and oxygen atoms in total. The van der Waals surface area contributed by atoms with Crippen molar-refractivity contribution in [3.63, 3.8) is 0 Å². The molecule has 0 aliphatic carbocycles. The highest BCUT2D eigenvalue weighted by Gasteiger charge is 2.07. The summed E-state index contributed by atoms with van der Waals surface area (Å²) in [6, 6.07) is 7.59. The van der Waals surface area contributed by atoms with E-state index in [4.69, 9.17) is 0 Å². The fourth-order valence-corrected chi connectivity index (χ4v) is 2.39. The summed E-state index contributed by atoms with van der Waals surface area (Å²) >= 11 is 1.64. The van der Waals surface area contributed by atoms with Crippen LogP contribution in [0.25, 0.3) is 10.6 Å². The Kier molecular flexibility index (Phi) is 3.76. The zero-order chi connectivity index (χ0) is 12.3. The van der Waals surface area contributed by atoms with Crippen molar-refractivity contribution in [2.45, 2.75) is 19.4 Å². The van der Waals surface area contributed by atoms with Crippen LogP contribution in [-0.4, -0.2) is 23.2 Å². The van der Waals surface area contributed by atoms with E-state index in [0.717, 1.165) is 22.7 Å². The van der Waals surface area contributed by atoms with Crippen LogP contribution in [0.15, 0.2) is 29.6 Å². The maximum atomic E-state index is 9.23. The molecular formula is C13H16N2OS. The lowest BCUT2D eigenvalue weighted by Gasteiger charge is -2.06. The molecule has 17 heavy (non-hydrogen) atoms. The maximum absolute atomic E-state index is 9.23. The molecule has 0 bridgehead atoms. The molecule has 0 aliphatic heterocycles. The highest BCUT2D eigenvalue weighted by atomic mass is 32.1. The van der Waals surface area contributed by atoms with E-state index in [2.05, 4.69) is 22.6 Å². The van der Waals surface area contributed by atoms with Crippen LogP contribution in [0.4, 0.5) is 0 Å². The molecule has 1 aromatic heterocycles. The normalized spacial score (nSPS) is 12.6. The van der Waals surface area contributed by atoms with Crippen molar-refractivity contribution in [1.29, 1.82) is 0 Å². The van der Waals surface area contributed by atoms with Crippen molar-refractivity contribution in [3.05, 3.63) is 35.3 Å². The monoisotopic (exact) mass is 248 g/mol. The van der Waals surface area contributed by atoms with Crippen molar-refractivity contribution in [2.24, 2.45) is 0 Å². The van der Waals surface area contributed by atoms with Gasteiger partial charge >= 0.3 is 0 Å². The molecule has 0 radical (unpaired) electrons. The second kappa shape index (κ2) is 5.29. The summed E-state index contributed by atoms with van der Waals surface area (Å²) in [6.45, 7) is 2.14. The number of likely N-dealkylation sites (N-methyl/N-ethyl adjacent to an activating group) is 1. The van der Waals surface area contributed by atoms with Crippen LogP contribution in [0.3, 0.4) is 0 Å². The fraction of sp³-hybridized carbons (Fsp3) is 0.308. The van der Waals surface area contributed by atoms with E-state index in [-0.39, 0.29) is 5.75 Å². The molecule has 4 heteroatoms. The van der Waals surface area contributed by atoms with E-state index in [1.54, 1.807) is 23.5 Å². The number of benzene rings is 1. The van der Waals surface area contributed by atoms with E-state index in [0.29, 0.717) is 6.04 Å². The summed E-state index contributed by atoms with van der Waals surface area (Å²) in [5, 5.41) is 15.5. The van der Waals surface area contributed by atoms with E-state index in [1.807, 2.05) is 19.2 Å². The number of nitrogens with zero attached hydrogens (tertiary/aromatic N) is 1. The van der Waals surface area contributed by atoms with Crippen LogP contribution in [0.5, 0.6) is 5.75 Å². The highest BCUT2D eigenvalue weighted by Crippen LogP contribution is 2.25. The lowest BCUT2D eigenvalue weighted by molar-refractivity contribution is 0.475. The first-order valence-electron chi connectivity index (χ1n) is 5.60. The molecule has 2 rings (SSSR count). The van der Waals surface area contributed by atoms with Gasteiger partial charge in [0.05, 0.1) is 5.69 Å². The van der Waals surface area contributed by atoms with Gasteiger partial charge in [0.1, 0.15) is 10.8 Å². The quantitative estimate of drug-likeness (QED) is 0.874. The lowest BCUT2D eigenvalue weighted by Crippen LogP contribution is -2.23. The average molecular weight is 248 g/mol. The number of phenolic OH excluding ortho intramolecular Hbond substituents is 1. The molecule has 90 valence electrons. The van der Waals surface area contributed by atoms with Gasteiger partial charge in [0.15, 0.2) is 0 Å². The van der Waals surface area contributed by atoms with Crippen molar-refractivity contribution < 1.29 is 5.11 Å². The van der Waals surface area contributed by atoms with Crippen LogP contribution < -0.4 is 5.32 Å². The Bertz CT molecular complexity index is 478. The molecule has 1 unspecified atom stereocenters. The van der Waals surface area contributed by atoms with Crippen molar-refractivity contribution in [3.8, 4) is 16.3 Å². The number of hydrogen-bond donors (Lipinski definition) is 2. The minimum absolute atomic E-state index is 0.286. The molecule has 0 amide bonds. The van der Waals surface area contributed by atoms with Crippen LogP contribution >= 0.6 is 11.3 Å². The maximum Gasteiger partial charge on any atom is 0.123 e. The van der Waals surface area contributed by atoms with Gasteiger partial charge in [-0.05, 0) is 38.2 Å². The van der Waals surface area contributed by atoms with Gasteiger partial charge in [0.2, 0.25) is 0 Å². The number of thiazole rings is 1. The van der Waals surface area contributed by atoms with Crippen molar-refractivity contribution >= 4 is 11.3 Å². The van der Waals surface area contributed by atoms with Crippen molar-refractivity contribution in [1.82, 2.24) is 10.3 Å². The summed E-state index contributed by atoms with van der Waals surface area (Å²) in [6.07, 6.45) is 0.936. The molecule has 2 aromatic rings. The van der Waals surface area contributed by atoms with Gasteiger partial charge in [-0.15, -0.1) is 11.3 Å². The van der Waals surface area contributed by atoms with E-state index >= 15 is 0 Å². The number of aromatic hydroxyl groups is 1. The third-order valence-electron chi connectivity index (χ3n) is 2.67. The lowest BCUT2D eigenvalue weighted by atomic mass is 10.2. The zero-order valence-corrected chi connectivity index (χ0v) is 10.8. The summed E-state index contributed by atoms with van der Waals surface area (Å²) in [5.74, 6) is 0.286. The second-order valence-electron chi connectivity index (χ2n) is 4.08. The third kappa shape index (κ3) is 3.05. The molecule has 0 saturated heterocycles. The van der Waals surface area contributed by atoms with Crippen LogP contribution in [-0.2, 0) is 6.42 Å². The van der Waals surface area contributed by atoms with Crippen LogP contribution in [0, 0.1) is 0 Å². The first kappa shape index (κ1) is 12.1. The summed E-state index contributed by atoms with van der Waals surface area (Å²) in [7, 11) is 1.96. The standard InChI is InChI=1S/C13H16N2OS/c1-9(14-2)7-11-8-17-13(15-11)10-3-5-12(16)6-4-10/h3-6,8-9,14,16H,7H2,1-2H3. The van der Waals surface area contributed by atoms with Gasteiger partial charge in [-0.1, -0.05) is 0 Å². The molecule has 0 aliphatic rings. The minimum atomic E-state index is 0.286. The number of nitrogens with one attached hydrogen (secondary N) is 1. The molecule has 0 spiro atoms. The van der Waals surface area contributed by atoms with Gasteiger partial charge in [0.25, 0.3) is 0 Å². The highest BCUT2D eigenvalue weighted by molar-refractivity contribution is 7.13. The predicted molar refractivity (Wildman–Crippen MR) is 71.4 cm³/mol. The second-order valence-corrected chi connectivity index (χ2v) is 4.94. The van der Waals surface area contributed by atoms with Gasteiger partial charge in [-0.25, -0.2) is 4.98 Å². The molecule has 2 N–H and O–H groups in total. The Balaban J connectivity index is 2.15. The van der Waals surface area contributed by atoms with Gasteiger partial charge in [-0.2, -0.15) is 0 Å². The number of aromatic nitrogens is 1. The molecular weight excluding hydrogens is 232 g/mol. The van der Waals surface area contributed by atoms with Gasteiger partial charge in [-0.3, -0.25) is 0 Å². The number of hydrogen-bond acceptors (Lipinski definition) is 4. The first-order valence-corrected chi connectivity index (χ1v) is 6.48. The van der Waals surface area contributed by atoms with Crippen LogP contribution in [0.1, 0.15) is 12.6 Å².